The zero-order chi connectivity index (χ0) is 15.5. The molecule has 3 nitrogen and oxygen atoms in total. The third-order valence-corrected chi connectivity index (χ3v) is 5.01. The van der Waals surface area contributed by atoms with E-state index in [1.165, 1.54) is 6.26 Å². The van der Waals surface area contributed by atoms with Gasteiger partial charge >= 0.3 is 0 Å². The van der Waals surface area contributed by atoms with Crippen LogP contribution < -0.4 is 10.2 Å². The van der Waals surface area contributed by atoms with E-state index in [0.29, 0.717) is 22.6 Å². The summed E-state index contributed by atoms with van der Waals surface area (Å²) in [6, 6.07) is 5.92. The van der Waals surface area contributed by atoms with Crippen LogP contribution in [0.3, 0.4) is 0 Å². The normalized spacial score (nSPS) is 12.6. The highest BCUT2D eigenvalue weighted by Crippen LogP contribution is 2.42. The molecule has 0 N–H and O–H groups in total. The van der Waals surface area contributed by atoms with E-state index in [0.717, 1.165) is 35.7 Å². The van der Waals surface area contributed by atoms with Gasteiger partial charge in [0.1, 0.15) is 11.5 Å². The van der Waals surface area contributed by atoms with Crippen LogP contribution in [0.15, 0.2) is 38.6 Å². The lowest BCUT2D eigenvalue weighted by Gasteiger charge is -2.18. The first-order chi connectivity index (χ1) is 10.7. The second-order valence-corrected chi connectivity index (χ2v) is 6.46. The zero-order valence-electron chi connectivity index (χ0n) is 12.4. The Morgan fingerprint density at radius 3 is 3.05 bits per heavy atom. The summed E-state index contributed by atoms with van der Waals surface area (Å²) < 4.78 is 11.4. The lowest BCUT2D eigenvalue weighted by molar-refractivity contribution is 0.308. The Morgan fingerprint density at radius 1 is 1.41 bits per heavy atom. The molecule has 2 aromatic rings. The fourth-order valence-electron chi connectivity index (χ4n) is 2.38. The van der Waals surface area contributed by atoms with E-state index in [1.54, 1.807) is 11.8 Å². The standard InChI is InChI=1S/C17H17ClO3S/c1-2-3-6-20-12-4-5-13-15(7-12)22-10-14-16(19)11(8-18)9-21-17(13)14/h4-5,7,9H,2-3,6,8,10H2,1H3. The van der Waals surface area contributed by atoms with E-state index in [9.17, 15) is 4.79 Å². The van der Waals surface area contributed by atoms with E-state index in [-0.39, 0.29) is 11.3 Å². The Hall–Kier alpha value is -1.39. The number of halogens is 1. The van der Waals surface area contributed by atoms with Gasteiger partial charge in [0.2, 0.25) is 0 Å². The molecule has 0 saturated carbocycles. The SMILES string of the molecule is CCCCOc1ccc2c(c1)SCc1c-2occ(CCl)c1=O. The Kier molecular flexibility index (Phi) is 4.79. The van der Waals surface area contributed by atoms with Crippen molar-refractivity contribution in [1.29, 1.82) is 0 Å². The predicted octanol–water partition coefficient (Wildman–Crippen LogP) is 4.83. The Balaban J connectivity index is 1.95. The van der Waals surface area contributed by atoms with Crippen LogP contribution in [0.2, 0.25) is 0 Å². The zero-order valence-corrected chi connectivity index (χ0v) is 13.9. The van der Waals surface area contributed by atoms with Gasteiger partial charge in [-0.2, -0.15) is 0 Å². The Labute approximate surface area is 138 Å². The van der Waals surface area contributed by atoms with Crippen LogP contribution in [0.25, 0.3) is 11.3 Å². The van der Waals surface area contributed by atoms with Gasteiger partial charge in [-0.25, -0.2) is 0 Å². The fourth-order valence-corrected chi connectivity index (χ4v) is 3.65. The first-order valence-electron chi connectivity index (χ1n) is 7.34. The molecule has 0 bridgehead atoms. The van der Waals surface area contributed by atoms with Crippen molar-refractivity contribution in [3.05, 3.63) is 45.8 Å². The molecule has 0 aliphatic carbocycles. The van der Waals surface area contributed by atoms with Crippen molar-refractivity contribution in [2.24, 2.45) is 0 Å². The molecule has 1 aromatic heterocycles. The second-order valence-electron chi connectivity index (χ2n) is 5.18. The lowest BCUT2D eigenvalue weighted by atomic mass is 10.1. The topological polar surface area (TPSA) is 39.4 Å². The van der Waals surface area contributed by atoms with Gasteiger partial charge in [0, 0.05) is 21.8 Å². The van der Waals surface area contributed by atoms with Gasteiger partial charge in [-0.3, -0.25) is 4.79 Å². The Morgan fingerprint density at radius 2 is 2.27 bits per heavy atom. The summed E-state index contributed by atoms with van der Waals surface area (Å²) >= 11 is 7.41. The molecule has 1 aliphatic heterocycles. The molecule has 1 aliphatic rings. The minimum absolute atomic E-state index is 0.00216. The molecule has 0 atom stereocenters. The number of benzene rings is 1. The van der Waals surface area contributed by atoms with Gasteiger partial charge in [-0.1, -0.05) is 13.3 Å². The van der Waals surface area contributed by atoms with Crippen molar-refractivity contribution < 1.29 is 9.15 Å². The lowest BCUT2D eigenvalue weighted by Crippen LogP contribution is -2.15. The number of alkyl halides is 1. The first kappa shape index (κ1) is 15.5. The smallest absolute Gasteiger partial charge is 0.193 e. The van der Waals surface area contributed by atoms with Gasteiger partial charge in [0.15, 0.2) is 5.43 Å². The molecule has 0 unspecified atom stereocenters. The molecule has 0 radical (unpaired) electrons. The molecule has 0 amide bonds. The highest BCUT2D eigenvalue weighted by atomic mass is 35.5. The van der Waals surface area contributed by atoms with Crippen LogP contribution in [0.5, 0.6) is 5.75 Å². The van der Waals surface area contributed by atoms with Crippen LogP contribution >= 0.6 is 23.4 Å². The summed E-state index contributed by atoms with van der Waals surface area (Å²) in [4.78, 5) is 13.4. The summed E-state index contributed by atoms with van der Waals surface area (Å²) in [7, 11) is 0. The van der Waals surface area contributed by atoms with Gasteiger partial charge < -0.3 is 9.15 Å². The molecule has 116 valence electrons. The van der Waals surface area contributed by atoms with Gasteiger partial charge in [-0.15, -0.1) is 23.4 Å². The molecule has 22 heavy (non-hydrogen) atoms. The third-order valence-electron chi connectivity index (χ3n) is 3.64. The van der Waals surface area contributed by atoms with E-state index in [2.05, 4.69) is 6.92 Å². The van der Waals surface area contributed by atoms with E-state index in [4.69, 9.17) is 20.8 Å². The molecule has 5 heteroatoms. The molecule has 2 heterocycles. The minimum atomic E-state index is -0.00216. The summed E-state index contributed by atoms with van der Waals surface area (Å²) in [5.74, 6) is 2.31. The first-order valence-corrected chi connectivity index (χ1v) is 8.86. The molecular formula is C17H17ClO3S. The van der Waals surface area contributed by atoms with Crippen molar-refractivity contribution in [1.82, 2.24) is 0 Å². The van der Waals surface area contributed by atoms with Gasteiger partial charge in [-0.05, 0) is 24.6 Å². The van der Waals surface area contributed by atoms with Crippen molar-refractivity contribution in [3.8, 4) is 17.1 Å². The number of thioether (sulfide) groups is 1. The van der Waals surface area contributed by atoms with Crippen LogP contribution in [0.4, 0.5) is 0 Å². The average Bonchev–Trinajstić information content (AvgIpc) is 2.55. The molecule has 3 rings (SSSR count). The van der Waals surface area contributed by atoms with Crippen molar-refractivity contribution in [2.45, 2.75) is 36.3 Å². The number of unbranched alkanes of at least 4 members (excludes halogenated alkanes) is 1. The number of hydrogen-bond donors (Lipinski definition) is 0. The molecule has 0 fully saturated rings. The molecular weight excluding hydrogens is 320 g/mol. The summed E-state index contributed by atoms with van der Waals surface area (Å²) in [6.45, 7) is 2.87. The average molecular weight is 337 g/mol. The summed E-state index contributed by atoms with van der Waals surface area (Å²) in [5, 5.41) is 0. The number of rotatable bonds is 5. The van der Waals surface area contributed by atoms with Crippen molar-refractivity contribution >= 4 is 23.4 Å². The maximum absolute atomic E-state index is 12.3. The van der Waals surface area contributed by atoms with E-state index in [1.807, 2.05) is 18.2 Å². The maximum atomic E-state index is 12.3. The predicted molar refractivity (Wildman–Crippen MR) is 89.9 cm³/mol. The van der Waals surface area contributed by atoms with Crippen molar-refractivity contribution in [2.75, 3.05) is 6.61 Å². The van der Waals surface area contributed by atoms with Crippen LogP contribution in [0, 0.1) is 0 Å². The van der Waals surface area contributed by atoms with E-state index >= 15 is 0 Å². The Bertz CT molecular complexity index is 739. The summed E-state index contributed by atoms with van der Waals surface area (Å²) in [5.41, 5.74) is 2.17. The maximum Gasteiger partial charge on any atom is 0.193 e. The third kappa shape index (κ3) is 2.90. The van der Waals surface area contributed by atoms with Crippen LogP contribution in [-0.2, 0) is 11.6 Å². The number of fused-ring (bicyclic) bond motifs is 3. The highest BCUT2D eigenvalue weighted by Gasteiger charge is 2.23. The highest BCUT2D eigenvalue weighted by molar-refractivity contribution is 7.98. The summed E-state index contributed by atoms with van der Waals surface area (Å²) in [6.07, 6.45) is 3.63. The van der Waals surface area contributed by atoms with Gasteiger partial charge in [0.05, 0.1) is 24.3 Å². The monoisotopic (exact) mass is 336 g/mol. The fraction of sp³-hybridized carbons (Fsp3) is 0.353. The quantitative estimate of drug-likeness (QED) is 0.579. The minimum Gasteiger partial charge on any atom is -0.494 e. The second kappa shape index (κ2) is 6.80. The van der Waals surface area contributed by atoms with E-state index < -0.39 is 0 Å². The largest absolute Gasteiger partial charge is 0.494 e. The van der Waals surface area contributed by atoms with Crippen LogP contribution in [0.1, 0.15) is 30.9 Å². The van der Waals surface area contributed by atoms with Crippen molar-refractivity contribution in [3.63, 3.8) is 0 Å². The molecule has 1 aromatic carbocycles. The molecule has 0 saturated heterocycles. The number of ether oxygens (including phenoxy) is 1. The van der Waals surface area contributed by atoms with Crippen LogP contribution in [-0.4, -0.2) is 6.61 Å². The number of hydrogen-bond acceptors (Lipinski definition) is 4. The van der Waals surface area contributed by atoms with Gasteiger partial charge in [0.25, 0.3) is 0 Å². The molecule has 0 spiro atoms.